The predicted octanol–water partition coefficient (Wildman–Crippen LogP) is 1.90. The summed E-state index contributed by atoms with van der Waals surface area (Å²) in [5.41, 5.74) is -0.808. The van der Waals surface area contributed by atoms with Crippen LogP contribution in [0.4, 0.5) is 0 Å². The lowest BCUT2D eigenvalue weighted by atomic mass is 9.94. The summed E-state index contributed by atoms with van der Waals surface area (Å²) in [6, 6.07) is 5.08. The van der Waals surface area contributed by atoms with Crippen LogP contribution in [-0.4, -0.2) is 32.3 Å². The topological polar surface area (TPSA) is 97.4 Å². The minimum absolute atomic E-state index is 0.143. The smallest absolute Gasteiger partial charge is 0.305 e. The predicted molar refractivity (Wildman–Crippen MR) is 78.5 cm³/mol. The zero-order valence-corrected chi connectivity index (χ0v) is 12.6. The lowest BCUT2D eigenvalue weighted by Crippen LogP contribution is -2.46. The first-order valence-corrected chi connectivity index (χ1v) is 7.02. The van der Waals surface area contributed by atoms with Crippen molar-refractivity contribution >= 4 is 11.9 Å². The van der Waals surface area contributed by atoms with Gasteiger partial charge in [0, 0.05) is 17.9 Å². The normalized spacial score (nSPS) is 13.5. The van der Waals surface area contributed by atoms with E-state index in [-0.39, 0.29) is 12.2 Å². The van der Waals surface area contributed by atoms with E-state index in [1.807, 2.05) is 6.92 Å². The molecule has 7 nitrogen and oxygen atoms in total. The number of nitrogens with one attached hydrogen (secondary N) is 1. The van der Waals surface area contributed by atoms with Crippen molar-refractivity contribution in [2.75, 3.05) is 0 Å². The number of carbonyl (C=O) groups is 2. The van der Waals surface area contributed by atoms with Crippen molar-refractivity contribution < 1.29 is 19.1 Å². The van der Waals surface area contributed by atoms with Gasteiger partial charge in [-0.3, -0.25) is 14.3 Å². The quantitative estimate of drug-likeness (QED) is 0.814. The van der Waals surface area contributed by atoms with E-state index in [0.29, 0.717) is 18.7 Å². The van der Waals surface area contributed by atoms with Gasteiger partial charge < -0.3 is 14.8 Å². The summed E-state index contributed by atoms with van der Waals surface area (Å²) in [4.78, 5) is 23.1. The summed E-state index contributed by atoms with van der Waals surface area (Å²) in [6.07, 6.45) is 3.82. The minimum atomic E-state index is -0.955. The first-order chi connectivity index (χ1) is 10.4. The molecule has 1 atom stereocenters. The van der Waals surface area contributed by atoms with Crippen molar-refractivity contribution in [3.8, 4) is 0 Å². The third kappa shape index (κ3) is 3.97. The Bertz CT molecular complexity index is 648. The molecule has 0 aromatic carbocycles. The Morgan fingerprint density at radius 2 is 2.23 bits per heavy atom. The summed E-state index contributed by atoms with van der Waals surface area (Å²) < 4.78 is 7.18. The highest BCUT2D eigenvalue weighted by Gasteiger charge is 2.28. The molecule has 0 fully saturated rings. The van der Waals surface area contributed by atoms with Gasteiger partial charge in [-0.1, -0.05) is 6.92 Å². The largest absolute Gasteiger partial charge is 0.481 e. The summed E-state index contributed by atoms with van der Waals surface area (Å²) in [6.45, 7) is 3.96. The lowest BCUT2D eigenvalue weighted by molar-refractivity contribution is -0.138. The highest BCUT2D eigenvalue weighted by molar-refractivity contribution is 5.92. The fourth-order valence-electron chi connectivity index (χ4n) is 2.07. The van der Waals surface area contributed by atoms with Crippen LogP contribution in [0.25, 0.3) is 0 Å². The molecule has 2 rings (SSSR count). The minimum Gasteiger partial charge on any atom is -0.481 e. The van der Waals surface area contributed by atoms with E-state index in [2.05, 4.69) is 10.4 Å². The van der Waals surface area contributed by atoms with Gasteiger partial charge in [-0.15, -0.1) is 0 Å². The Kier molecular flexibility index (Phi) is 4.65. The molecule has 0 saturated carbocycles. The van der Waals surface area contributed by atoms with Gasteiger partial charge in [0.05, 0.1) is 13.0 Å². The lowest BCUT2D eigenvalue weighted by Gasteiger charge is -2.27. The van der Waals surface area contributed by atoms with E-state index in [0.717, 1.165) is 0 Å². The molecule has 7 heteroatoms. The molecule has 0 spiro atoms. The van der Waals surface area contributed by atoms with Crippen molar-refractivity contribution in [1.82, 2.24) is 15.1 Å². The standard InChI is InChI=1S/C15H19N3O4/c1-3-15(2,9-13(19)20)17-14(21)12-6-5-11(22-12)10-18-8-4-7-16-18/h4-8H,3,9-10H2,1-2H3,(H,17,21)(H,19,20)/t15-/m1/s1. The third-order valence-electron chi connectivity index (χ3n) is 3.50. The Hall–Kier alpha value is -2.57. The highest BCUT2D eigenvalue weighted by Crippen LogP contribution is 2.17. The van der Waals surface area contributed by atoms with Crippen LogP contribution in [0.2, 0.25) is 0 Å². The summed E-state index contributed by atoms with van der Waals surface area (Å²) >= 11 is 0. The SMILES string of the molecule is CC[C@](C)(CC(=O)O)NC(=O)c1ccc(Cn2cccn2)o1. The molecule has 0 aliphatic heterocycles. The molecule has 2 aromatic rings. The van der Waals surface area contributed by atoms with Crippen LogP contribution in [0, 0.1) is 0 Å². The number of nitrogens with zero attached hydrogens (tertiary/aromatic N) is 2. The van der Waals surface area contributed by atoms with Crippen molar-refractivity contribution in [1.29, 1.82) is 0 Å². The van der Waals surface area contributed by atoms with Crippen LogP contribution < -0.4 is 5.32 Å². The molecule has 2 heterocycles. The van der Waals surface area contributed by atoms with Gasteiger partial charge in [-0.2, -0.15) is 5.10 Å². The Morgan fingerprint density at radius 3 is 2.82 bits per heavy atom. The summed E-state index contributed by atoms with van der Waals surface area (Å²) in [7, 11) is 0. The maximum absolute atomic E-state index is 12.2. The fraction of sp³-hybridized carbons (Fsp3) is 0.400. The highest BCUT2D eigenvalue weighted by atomic mass is 16.4. The number of amides is 1. The monoisotopic (exact) mass is 305 g/mol. The number of hydrogen-bond donors (Lipinski definition) is 2. The molecule has 2 aromatic heterocycles. The van der Waals surface area contributed by atoms with Gasteiger partial charge in [0.2, 0.25) is 0 Å². The van der Waals surface area contributed by atoms with E-state index >= 15 is 0 Å². The first-order valence-electron chi connectivity index (χ1n) is 7.02. The number of aromatic nitrogens is 2. The maximum Gasteiger partial charge on any atom is 0.305 e. The number of rotatable bonds is 7. The molecule has 2 N–H and O–H groups in total. The first kappa shape index (κ1) is 15.8. The molecule has 0 saturated heterocycles. The number of furan rings is 1. The Morgan fingerprint density at radius 1 is 1.45 bits per heavy atom. The van der Waals surface area contributed by atoms with Gasteiger partial charge >= 0.3 is 5.97 Å². The van der Waals surface area contributed by atoms with Gasteiger partial charge in [0.1, 0.15) is 5.76 Å². The second kappa shape index (κ2) is 6.46. The number of carbonyl (C=O) groups excluding carboxylic acids is 1. The average molecular weight is 305 g/mol. The number of carboxylic acids is 1. The molecule has 0 radical (unpaired) electrons. The van der Waals surface area contributed by atoms with Gasteiger partial charge in [-0.05, 0) is 31.5 Å². The molecular formula is C15H19N3O4. The second-order valence-electron chi connectivity index (χ2n) is 5.41. The molecule has 0 aliphatic carbocycles. The molecule has 1 amide bonds. The maximum atomic E-state index is 12.2. The molecule has 0 aliphatic rings. The van der Waals surface area contributed by atoms with Crippen molar-refractivity contribution in [2.45, 2.75) is 38.8 Å². The average Bonchev–Trinajstić information content (AvgIpc) is 3.10. The number of carboxylic acid groups (broad SMARTS) is 1. The van der Waals surface area contributed by atoms with Gasteiger partial charge in [0.15, 0.2) is 5.76 Å². The van der Waals surface area contributed by atoms with Crippen molar-refractivity contribution in [3.63, 3.8) is 0 Å². The van der Waals surface area contributed by atoms with Crippen LogP contribution in [0.15, 0.2) is 35.0 Å². The van der Waals surface area contributed by atoms with E-state index in [4.69, 9.17) is 9.52 Å². The molecule has 22 heavy (non-hydrogen) atoms. The van der Waals surface area contributed by atoms with Crippen LogP contribution in [0.3, 0.4) is 0 Å². The van der Waals surface area contributed by atoms with E-state index < -0.39 is 17.4 Å². The third-order valence-corrected chi connectivity index (χ3v) is 3.50. The van der Waals surface area contributed by atoms with Crippen molar-refractivity contribution in [2.24, 2.45) is 0 Å². The van der Waals surface area contributed by atoms with E-state index in [1.165, 1.54) is 0 Å². The fourth-order valence-corrected chi connectivity index (χ4v) is 2.07. The summed E-state index contributed by atoms with van der Waals surface area (Å²) in [5.74, 6) is -0.613. The Balaban J connectivity index is 2.03. The van der Waals surface area contributed by atoms with Crippen LogP contribution in [0.1, 0.15) is 43.0 Å². The molecule has 118 valence electrons. The molecule has 0 bridgehead atoms. The Labute approximate surface area is 127 Å². The molecular weight excluding hydrogens is 286 g/mol. The van der Waals surface area contributed by atoms with Crippen LogP contribution in [-0.2, 0) is 11.3 Å². The number of aliphatic carboxylic acids is 1. The second-order valence-corrected chi connectivity index (χ2v) is 5.41. The number of hydrogen-bond acceptors (Lipinski definition) is 4. The van der Waals surface area contributed by atoms with Crippen molar-refractivity contribution in [3.05, 3.63) is 42.1 Å². The van der Waals surface area contributed by atoms with Gasteiger partial charge in [-0.25, -0.2) is 0 Å². The van der Waals surface area contributed by atoms with E-state index in [9.17, 15) is 9.59 Å². The van der Waals surface area contributed by atoms with Crippen LogP contribution in [0.5, 0.6) is 0 Å². The molecule has 0 unspecified atom stereocenters. The van der Waals surface area contributed by atoms with Crippen LogP contribution >= 0.6 is 0 Å². The zero-order valence-electron chi connectivity index (χ0n) is 12.6. The zero-order chi connectivity index (χ0) is 16.2. The van der Waals surface area contributed by atoms with E-state index in [1.54, 1.807) is 42.2 Å². The summed E-state index contributed by atoms with van der Waals surface area (Å²) in [5, 5.41) is 15.7. The van der Waals surface area contributed by atoms with Gasteiger partial charge in [0.25, 0.3) is 5.91 Å².